The molecule has 3 rings (SSSR count). The first kappa shape index (κ1) is 9.81. The van der Waals surface area contributed by atoms with Crippen LogP contribution in [0, 0.1) is 0 Å². The minimum absolute atomic E-state index is 0.826. The number of hydrogen-bond donors (Lipinski definition) is 2. The van der Waals surface area contributed by atoms with Gasteiger partial charge in [-0.2, -0.15) is 0 Å². The van der Waals surface area contributed by atoms with E-state index < -0.39 is 0 Å². The average molecular weight is 226 g/mol. The summed E-state index contributed by atoms with van der Waals surface area (Å²) in [6.45, 7) is 0. The molecule has 0 aromatic heterocycles. The molecule has 0 saturated heterocycles. The first-order chi connectivity index (χ1) is 7.86. The number of nitrogens with one attached hydrogen (secondary N) is 1. The molecule has 0 fully saturated rings. The number of hydrogen-bond acceptors (Lipinski definition) is 3. The zero-order valence-corrected chi connectivity index (χ0v) is 9.29. The standard InChI is InChI=1S/C12H9BNOS/c15-13-8-5-6-10-12(7-8)16-11-4-2-1-3-9(11)14-10/h1-7,14-15H. The Hall–Kier alpha value is -1.39. The topological polar surface area (TPSA) is 32.3 Å². The van der Waals surface area contributed by atoms with Gasteiger partial charge in [-0.15, -0.1) is 0 Å². The second-order valence-electron chi connectivity index (χ2n) is 3.61. The highest BCUT2D eigenvalue weighted by Gasteiger charge is 2.14. The molecule has 1 aliphatic rings. The van der Waals surface area contributed by atoms with Crippen molar-refractivity contribution >= 4 is 36.1 Å². The van der Waals surface area contributed by atoms with Crippen molar-refractivity contribution in [2.24, 2.45) is 0 Å². The molecule has 0 spiro atoms. The van der Waals surface area contributed by atoms with Crippen molar-refractivity contribution in [3.63, 3.8) is 0 Å². The Kier molecular flexibility index (Phi) is 2.38. The van der Waals surface area contributed by atoms with Crippen LogP contribution in [0.25, 0.3) is 0 Å². The Balaban J connectivity index is 2.05. The number of fused-ring (bicyclic) bond motifs is 2. The second-order valence-corrected chi connectivity index (χ2v) is 4.69. The molecule has 2 aromatic carbocycles. The molecule has 1 radical (unpaired) electrons. The van der Waals surface area contributed by atoms with E-state index in [1.807, 2.05) is 30.3 Å². The van der Waals surface area contributed by atoms with Crippen LogP contribution in [0.1, 0.15) is 0 Å². The van der Waals surface area contributed by atoms with Gasteiger partial charge in [-0.3, -0.25) is 0 Å². The van der Waals surface area contributed by atoms with Gasteiger partial charge in [-0.05, 0) is 24.3 Å². The summed E-state index contributed by atoms with van der Waals surface area (Å²) in [5.41, 5.74) is 3.06. The zero-order chi connectivity index (χ0) is 11.0. The van der Waals surface area contributed by atoms with Crippen LogP contribution in [0.5, 0.6) is 0 Å². The summed E-state index contributed by atoms with van der Waals surface area (Å²) < 4.78 is 0. The molecule has 0 unspecified atom stereocenters. The van der Waals surface area contributed by atoms with Gasteiger partial charge in [0.15, 0.2) is 0 Å². The molecule has 0 amide bonds. The molecule has 0 saturated carbocycles. The maximum atomic E-state index is 8.98. The quantitative estimate of drug-likeness (QED) is 0.623. The van der Waals surface area contributed by atoms with Crippen molar-refractivity contribution in [1.29, 1.82) is 0 Å². The van der Waals surface area contributed by atoms with Gasteiger partial charge in [-0.1, -0.05) is 35.4 Å². The maximum absolute atomic E-state index is 8.98. The number of para-hydroxylation sites is 1. The predicted octanol–water partition coefficient (Wildman–Crippen LogP) is 2.13. The second kappa shape index (κ2) is 3.89. The van der Waals surface area contributed by atoms with E-state index in [9.17, 15) is 0 Å². The Labute approximate surface area is 99.0 Å². The van der Waals surface area contributed by atoms with Crippen molar-refractivity contribution in [1.82, 2.24) is 0 Å². The van der Waals surface area contributed by atoms with Gasteiger partial charge < -0.3 is 10.3 Å². The van der Waals surface area contributed by atoms with Gasteiger partial charge in [0.1, 0.15) is 0 Å². The Morgan fingerprint density at radius 3 is 2.69 bits per heavy atom. The Morgan fingerprint density at radius 1 is 1.00 bits per heavy atom. The molecule has 1 aliphatic heterocycles. The summed E-state index contributed by atoms with van der Waals surface area (Å²) in [6, 6.07) is 14.1. The summed E-state index contributed by atoms with van der Waals surface area (Å²) in [5, 5.41) is 12.4. The largest absolute Gasteiger partial charge is 0.450 e. The van der Waals surface area contributed by atoms with Gasteiger partial charge >= 0.3 is 7.48 Å². The fourth-order valence-electron chi connectivity index (χ4n) is 1.73. The molecule has 2 N–H and O–H groups in total. The molecule has 4 heteroatoms. The number of anilines is 2. The predicted molar refractivity (Wildman–Crippen MR) is 67.9 cm³/mol. The van der Waals surface area contributed by atoms with Crippen LogP contribution in [0.2, 0.25) is 0 Å². The fraction of sp³-hybridized carbons (Fsp3) is 0. The Morgan fingerprint density at radius 2 is 1.81 bits per heavy atom. The van der Waals surface area contributed by atoms with E-state index in [1.165, 1.54) is 4.90 Å². The SMILES string of the molecule is O[B]c1ccc2c(c1)Sc1ccccc1N2. The smallest absolute Gasteiger partial charge is 0.326 e. The summed E-state index contributed by atoms with van der Waals surface area (Å²) in [7, 11) is 1.13. The van der Waals surface area contributed by atoms with Crippen LogP contribution >= 0.6 is 11.8 Å². The normalized spacial score (nSPS) is 12.3. The van der Waals surface area contributed by atoms with Crippen LogP contribution in [0.15, 0.2) is 52.3 Å². The van der Waals surface area contributed by atoms with E-state index in [4.69, 9.17) is 5.02 Å². The van der Waals surface area contributed by atoms with Crippen LogP contribution in [0.4, 0.5) is 11.4 Å². The molecule has 1 heterocycles. The molecule has 16 heavy (non-hydrogen) atoms. The molecular formula is C12H9BNOS. The highest BCUT2D eigenvalue weighted by atomic mass is 32.2. The van der Waals surface area contributed by atoms with E-state index in [0.29, 0.717) is 0 Å². The minimum Gasteiger partial charge on any atom is -0.450 e. The summed E-state index contributed by atoms with van der Waals surface area (Å²) >= 11 is 1.72. The lowest BCUT2D eigenvalue weighted by molar-refractivity contribution is 0.615. The van der Waals surface area contributed by atoms with Gasteiger partial charge in [0, 0.05) is 9.79 Å². The van der Waals surface area contributed by atoms with E-state index in [1.54, 1.807) is 11.8 Å². The first-order valence-corrected chi connectivity index (χ1v) is 5.84. The molecule has 2 aromatic rings. The third-order valence-corrected chi connectivity index (χ3v) is 3.66. The number of rotatable bonds is 1. The van der Waals surface area contributed by atoms with Crippen molar-refractivity contribution < 1.29 is 5.02 Å². The molecule has 0 aliphatic carbocycles. The van der Waals surface area contributed by atoms with Crippen LogP contribution in [-0.2, 0) is 0 Å². The average Bonchev–Trinajstić information content (AvgIpc) is 2.35. The highest BCUT2D eigenvalue weighted by Crippen LogP contribution is 2.43. The van der Waals surface area contributed by atoms with Crippen LogP contribution < -0.4 is 10.8 Å². The summed E-state index contributed by atoms with van der Waals surface area (Å²) in [6.07, 6.45) is 0. The van der Waals surface area contributed by atoms with E-state index in [0.717, 1.165) is 29.2 Å². The lowest BCUT2D eigenvalue weighted by atomic mass is 9.89. The highest BCUT2D eigenvalue weighted by molar-refractivity contribution is 7.99. The molecule has 2 nitrogen and oxygen atoms in total. The minimum atomic E-state index is 0.826. The summed E-state index contributed by atoms with van der Waals surface area (Å²) in [5.74, 6) is 0. The van der Waals surface area contributed by atoms with Crippen LogP contribution in [0.3, 0.4) is 0 Å². The number of benzene rings is 2. The lowest BCUT2D eigenvalue weighted by Gasteiger charge is -2.20. The third-order valence-electron chi connectivity index (χ3n) is 2.53. The van der Waals surface area contributed by atoms with Gasteiger partial charge in [0.25, 0.3) is 0 Å². The third kappa shape index (κ3) is 1.60. The van der Waals surface area contributed by atoms with Gasteiger partial charge in [-0.25, -0.2) is 0 Å². The molecule has 0 atom stereocenters. The first-order valence-electron chi connectivity index (χ1n) is 5.02. The monoisotopic (exact) mass is 226 g/mol. The Bertz CT molecular complexity index is 544. The molecular weight excluding hydrogens is 217 g/mol. The van der Waals surface area contributed by atoms with Gasteiger partial charge in [0.05, 0.1) is 11.4 Å². The molecule has 77 valence electrons. The van der Waals surface area contributed by atoms with E-state index in [-0.39, 0.29) is 0 Å². The van der Waals surface area contributed by atoms with Crippen molar-refractivity contribution in [3.8, 4) is 0 Å². The van der Waals surface area contributed by atoms with E-state index in [2.05, 4.69) is 17.4 Å². The molecule has 0 bridgehead atoms. The van der Waals surface area contributed by atoms with Gasteiger partial charge in [0.2, 0.25) is 0 Å². The fourth-order valence-corrected chi connectivity index (χ4v) is 2.77. The van der Waals surface area contributed by atoms with Crippen molar-refractivity contribution in [2.75, 3.05) is 5.32 Å². The van der Waals surface area contributed by atoms with Crippen molar-refractivity contribution in [3.05, 3.63) is 42.5 Å². The van der Waals surface area contributed by atoms with Crippen LogP contribution in [-0.4, -0.2) is 12.5 Å². The zero-order valence-electron chi connectivity index (χ0n) is 8.47. The van der Waals surface area contributed by atoms with Crippen molar-refractivity contribution in [2.45, 2.75) is 9.79 Å². The summed E-state index contributed by atoms with van der Waals surface area (Å²) in [4.78, 5) is 2.35. The lowest BCUT2D eigenvalue weighted by Crippen LogP contribution is -2.14. The van der Waals surface area contributed by atoms with E-state index >= 15 is 0 Å². The maximum Gasteiger partial charge on any atom is 0.326 e.